The Morgan fingerprint density at radius 1 is 0.356 bits per heavy atom. The highest BCUT2D eigenvalue weighted by Gasteiger charge is 2.15. The van der Waals surface area contributed by atoms with Gasteiger partial charge in [0.15, 0.2) is 0 Å². The van der Waals surface area contributed by atoms with Gasteiger partial charge in [-0.1, -0.05) is 0 Å². The minimum absolute atomic E-state index is 0.00208. The highest BCUT2D eigenvalue weighted by molar-refractivity contribution is 5.77. The van der Waals surface area contributed by atoms with E-state index in [2.05, 4.69) is 46.6 Å². The van der Waals surface area contributed by atoms with Gasteiger partial charge in [-0.25, -0.2) is 0 Å². The second-order valence-electron chi connectivity index (χ2n) is 10.8. The van der Waals surface area contributed by atoms with Crippen molar-refractivity contribution < 1.29 is 24.0 Å². The third kappa shape index (κ3) is 25.1. The fourth-order valence-corrected chi connectivity index (χ4v) is 4.61. The Morgan fingerprint density at radius 2 is 0.578 bits per heavy atom. The Balaban J connectivity index is 5.09. The van der Waals surface area contributed by atoms with E-state index in [4.69, 9.17) is 0 Å². The average molecular weight is 642 g/mol. The van der Waals surface area contributed by atoms with Gasteiger partial charge in [-0.15, -0.1) is 0 Å². The lowest BCUT2D eigenvalue weighted by Crippen LogP contribution is -2.43. The summed E-state index contributed by atoms with van der Waals surface area (Å²) in [5.74, 6) is -0.00758. The summed E-state index contributed by atoms with van der Waals surface area (Å²) in [4.78, 5) is 66.9. The predicted octanol–water partition coefficient (Wildman–Crippen LogP) is -0.887. The molecule has 0 aromatic rings. The molecule has 0 bridgehead atoms. The first-order valence-electron chi connectivity index (χ1n) is 16.9. The summed E-state index contributed by atoms with van der Waals surface area (Å²) in [6, 6.07) is 0. The summed E-state index contributed by atoms with van der Waals surface area (Å²) in [5.41, 5.74) is 0. The van der Waals surface area contributed by atoms with Crippen LogP contribution in [0.4, 0.5) is 0 Å². The third-order valence-corrected chi connectivity index (χ3v) is 7.09. The monoisotopic (exact) mass is 641 g/mol. The minimum atomic E-state index is -0.0103. The molecule has 0 rings (SSSR count). The molecule has 14 heteroatoms. The molecular formula is C31H63N9O5. The molecule has 262 valence electrons. The molecule has 0 aromatic carbocycles. The number of nitrogens with one attached hydrogen (secondary N) is 6. The van der Waals surface area contributed by atoms with Crippen molar-refractivity contribution in [2.75, 3.05) is 105 Å². The molecule has 0 spiro atoms. The van der Waals surface area contributed by atoms with Crippen LogP contribution in [0.15, 0.2) is 0 Å². The summed E-state index contributed by atoms with van der Waals surface area (Å²) >= 11 is 0. The molecule has 0 aromatic heterocycles. The third-order valence-electron chi connectivity index (χ3n) is 7.09. The molecule has 0 aliphatic carbocycles. The van der Waals surface area contributed by atoms with Crippen LogP contribution in [-0.2, 0) is 24.0 Å². The first-order valence-corrected chi connectivity index (χ1v) is 16.9. The van der Waals surface area contributed by atoms with Gasteiger partial charge in [0, 0.05) is 137 Å². The van der Waals surface area contributed by atoms with Gasteiger partial charge < -0.3 is 46.6 Å². The summed E-state index contributed by atoms with van der Waals surface area (Å²) in [5, 5.41) is 17.6. The quantitative estimate of drug-likeness (QED) is 0.0568. The number of amides is 5. The molecule has 0 fully saturated rings. The maximum atomic E-state index is 12.2. The maximum absolute atomic E-state index is 12.2. The number of hydrogen-bond donors (Lipinski definition) is 6. The molecule has 45 heavy (non-hydrogen) atoms. The zero-order valence-corrected chi connectivity index (χ0v) is 28.7. The number of carbonyl (C=O) groups excluding carboxylic acids is 5. The van der Waals surface area contributed by atoms with Crippen LogP contribution in [0.5, 0.6) is 0 Å². The number of rotatable bonds is 29. The van der Waals surface area contributed by atoms with E-state index in [1.165, 1.54) is 0 Å². The van der Waals surface area contributed by atoms with Gasteiger partial charge in [0.1, 0.15) is 0 Å². The number of nitrogens with zero attached hydrogens (tertiary/aromatic N) is 3. The van der Waals surface area contributed by atoms with Crippen molar-refractivity contribution in [2.24, 2.45) is 0 Å². The second-order valence-corrected chi connectivity index (χ2v) is 10.8. The second kappa shape index (κ2) is 28.6. The SMILES string of the molecule is CCNC(=O)CCN(CCNCCN(CCC(=O)NCC)CCN(CCC(=O)NCC)CCC(=O)NCC)CCC(=O)NCC. The first-order chi connectivity index (χ1) is 21.7. The highest BCUT2D eigenvalue weighted by atomic mass is 16.2. The van der Waals surface area contributed by atoms with Crippen LogP contribution in [-0.4, -0.2) is 149 Å². The van der Waals surface area contributed by atoms with E-state index in [9.17, 15) is 24.0 Å². The van der Waals surface area contributed by atoms with Crippen LogP contribution in [0, 0.1) is 0 Å². The Kier molecular flexibility index (Phi) is 26.9. The smallest absolute Gasteiger partial charge is 0.221 e. The molecule has 0 radical (unpaired) electrons. The van der Waals surface area contributed by atoms with Gasteiger partial charge in [0.05, 0.1) is 0 Å². The van der Waals surface area contributed by atoms with Crippen LogP contribution in [0.3, 0.4) is 0 Å². The van der Waals surface area contributed by atoms with Crippen LogP contribution in [0.25, 0.3) is 0 Å². The average Bonchev–Trinajstić information content (AvgIpc) is 3.00. The predicted molar refractivity (Wildman–Crippen MR) is 179 cm³/mol. The Bertz CT molecular complexity index is 787. The van der Waals surface area contributed by atoms with Crippen LogP contribution >= 0.6 is 0 Å². The Morgan fingerprint density at radius 3 is 0.822 bits per heavy atom. The minimum Gasteiger partial charge on any atom is -0.356 e. The topological polar surface area (TPSA) is 167 Å². The van der Waals surface area contributed by atoms with E-state index in [0.717, 1.165) is 6.54 Å². The standard InChI is InChI=1S/C31H63N9O5/c1-6-33-27(41)11-18-38(19-12-28(42)34-7-2)23-16-32-17-24-40(22-15-31(45)37-10-5)26-25-39(20-13-29(43)35-8-3)21-14-30(44)36-9-4/h32H,6-26H2,1-5H3,(H,33,41)(H,34,42)(H,35,43)(H,36,44)(H,37,45). The fraction of sp³-hybridized carbons (Fsp3) is 0.839. The van der Waals surface area contributed by atoms with Crippen molar-refractivity contribution in [2.45, 2.75) is 66.7 Å². The van der Waals surface area contributed by atoms with Crippen molar-refractivity contribution in [1.82, 2.24) is 46.6 Å². The van der Waals surface area contributed by atoms with Gasteiger partial charge >= 0.3 is 0 Å². The molecule has 14 nitrogen and oxygen atoms in total. The van der Waals surface area contributed by atoms with Crippen molar-refractivity contribution in [3.05, 3.63) is 0 Å². The molecule has 6 N–H and O–H groups in total. The molecule has 0 saturated carbocycles. The Labute approximate surface area is 271 Å². The van der Waals surface area contributed by atoms with E-state index >= 15 is 0 Å². The van der Waals surface area contributed by atoms with Gasteiger partial charge in [0.2, 0.25) is 29.5 Å². The van der Waals surface area contributed by atoms with Gasteiger partial charge in [-0.2, -0.15) is 0 Å². The largest absolute Gasteiger partial charge is 0.356 e. The molecule has 0 unspecified atom stereocenters. The van der Waals surface area contributed by atoms with Crippen molar-refractivity contribution in [1.29, 1.82) is 0 Å². The molecule has 0 aliphatic heterocycles. The molecule has 0 aliphatic rings. The number of hydrogen-bond acceptors (Lipinski definition) is 9. The fourth-order valence-electron chi connectivity index (χ4n) is 4.61. The molecule has 0 heterocycles. The van der Waals surface area contributed by atoms with E-state index in [0.29, 0.717) is 130 Å². The van der Waals surface area contributed by atoms with E-state index < -0.39 is 0 Å². The molecule has 5 amide bonds. The van der Waals surface area contributed by atoms with Crippen molar-refractivity contribution in [3.63, 3.8) is 0 Å². The van der Waals surface area contributed by atoms with Gasteiger partial charge in [-0.05, 0) is 34.6 Å². The van der Waals surface area contributed by atoms with E-state index in [-0.39, 0.29) is 29.5 Å². The first kappa shape index (κ1) is 42.2. The lowest BCUT2D eigenvalue weighted by Gasteiger charge is -2.28. The summed E-state index contributed by atoms with van der Waals surface area (Å²) in [6.07, 6.45) is 1.88. The normalized spacial score (nSPS) is 11.1. The van der Waals surface area contributed by atoms with Crippen molar-refractivity contribution in [3.8, 4) is 0 Å². The van der Waals surface area contributed by atoms with E-state index in [1.807, 2.05) is 34.6 Å². The van der Waals surface area contributed by atoms with Crippen LogP contribution in [0.1, 0.15) is 66.7 Å². The maximum Gasteiger partial charge on any atom is 0.221 e. The molecular weight excluding hydrogens is 578 g/mol. The highest BCUT2D eigenvalue weighted by Crippen LogP contribution is 2.00. The van der Waals surface area contributed by atoms with Crippen LogP contribution < -0.4 is 31.9 Å². The van der Waals surface area contributed by atoms with Crippen LogP contribution in [0.2, 0.25) is 0 Å². The number of carbonyl (C=O) groups is 5. The zero-order valence-electron chi connectivity index (χ0n) is 28.7. The lowest BCUT2D eigenvalue weighted by atomic mass is 10.2. The zero-order chi connectivity index (χ0) is 33.7. The molecule has 0 saturated heterocycles. The van der Waals surface area contributed by atoms with Crippen molar-refractivity contribution >= 4 is 29.5 Å². The summed E-state index contributed by atoms with van der Waals surface area (Å²) in [6.45, 7) is 19.4. The summed E-state index contributed by atoms with van der Waals surface area (Å²) in [7, 11) is 0. The Hall–Kier alpha value is -2.81. The van der Waals surface area contributed by atoms with Gasteiger partial charge in [0.25, 0.3) is 0 Å². The van der Waals surface area contributed by atoms with E-state index in [1.54, 1.807) is 0 Å². The lowest BCUT2D eigenvalue weighted by molar-refractivity contribution is -0.123. The molecule has 0 atom stereocenters. The van der Waals surface area contributed by atoms with Gasteiger partial charge in [-0.3, -0.25) is 24.0 Å². The summed E-state index contributed by atoms with van der Waals surface area (Å²) < 4.78 is 0.